The minimum atomic E-state index is -4.48. The third kappa shape index (κ3) is 6.25. The Hall–Kier alpha value is -3.85. The predicted molar refractivity (Wildman–Crippen MR) is 147 cm³/mol. The molecule has 41 heavy (non-hydrogen) atoms. The number of nitrogens with zero attached hydrogens (tertiary/aromatic N) is 7. The van der Waals surface area contributed by atoms with Crippen LogP contribution in [0.4, 0.5) is 24.7 Å². The van der Waals surface area contributed by atoms with Crippen molar-refractivity contribution in [2.45, 2.75) is 38.0 Å². The van der Waals surface area contributed by atoms with Gasteiger partial charge < -0.3 is 24.3 Å². The van der Waals surface area contributed by atoms with Gasteiger partial charge >= 0.3 is 12.2 Å². The zero-order valence-corrected chi connectivity index (χ0v) is 23.1. The smallest absolute Gasteiger partial charge is 0.418 e. The lowest BCUT2D eigenvalue weighted by Gasteiger charge is -2.42. The summed E-state index contributed by atoms with van der Waals surface area (Å²) in [5.41, 5.74) is 0.922. The maximum absolute atomic E-state index is 13.8. The first-order chi connectivity index (χ1) is 19.7. The predicted octanol–water partition coefficient (Wildman–Crippen LogP) is 3.51. The van der Waals surface area contributed by atoms with E-state index in [-0.39, 0.29) is 36.6 Å². The number of carbonyl (C=O) groups is 1. The largest absolute Gasteiger partial charge is 0.463 e. The first kappa shape index (κ1) is 28.7. The minimum Gasteiger partial charge on any atom is -0.463 e. The number of amides is 1. The number of fused-ring (bicyclic) bond motifs is 1. The third-order valence-corrected chi connectivity index (χ3v) is 8.08. The number of anilines is 2. The van der Waals surface area contributed by atoms with E-state index in [0.29, 0.717) is 56.6 Å². The monoisotopic (exact) mass is 569 g/mol. The Balaban J connectivity index is 1.46. The van der Waals surface area contributed by atoms with Gasteiger partial charge in [0.05, 0.1) is 42.9 Å². The molecule has 0 aliphatic carbocycles. The molecule has 5 rings (SSSR count). The molecule has 2 aromatic rings. The number of hydrogen-bond donors (Lipinski definition) is 0. The molecular weight excluding hydrogens is 535 g/mol. The number of benzene rings is 1. The molecular formula is C29H34F3N7O2. The molecule has 0 N–H and O–H groups in total. The topological polar surface area (TPSA) is 88.8 Å². The van der Waals surface area contributed by atoms with Crippen molar-refractivity contribution in [2.24, 2.45) is 5.92 Å². The van der Waals surface area contributed by atoms with Gasteiger partial charge in [-0.15, -0.1) is 0 Å². The zero-order chi connectivity index (χ0) is 29.1. The zero-order valence-electron chi connectivity index (χ0n) is 23.1. The first-order valence-electron chi connectivity index (χ1n) is 13.8. The number of nitriles is 1. The number of alkyl halides is 3. The summed E-state index contributed by atoms with van der Waals surface area (Å²) in [6, 6.07) is 7.62. The molecule has 0 radical (unpaired) electrons. The highest BCUT2D eigenvalue weighted by Gasteiger charge is 2.37. The van der Waals surface area contributed by atoms with Crippen LogP contribution in [-0.2, 0) is 23.9 Å². The van der Waals surface area contributed by atoms with Crippen molar-refractivity contribution in [1.29, 1.82) is 5.26 Å². The molecule has 1 aromatic carbocycles. The van der Waals surface area contributed by atoms with Crippen LogP contribution in [0.5, 0.6) is 6.01 Å². The Bertz CT molecular complexity index is 1330. The molecule has 2 atom stereocenters. The van der Waals surface area contributed by atoms with Gasteiger partial charge in [0, 0.05) is 49.9 Å². The summed E-state index contributed by atoms with van der Waals surface area (Å²) in [4.78, 5) is 29.6. The number of carbonyl (C=O) groups excluding carboxylic acids is 1. The van der Waals surface area contributed by atoms with Crippen LogP contribution in [-0.4, -0.2) is 84.6 Å². The number of para-hydroxylation sites is 1. The Morgan fingerprint density at radius 2 is 1.98 bits per heavy atom. The second kappa shape index (κ2) is 11.9. The molecule has 0 bridgehead atoms. The molecule has 1 amide bonds. The van der Waals surface area contributed by atoms with Crippen LogP contribution in [0, 0.1) is 17.2 Å². The lowest BCUT2D eigenvalue weighted by Crippen LogP contribution is -2.55. The van der Waals surface area contributed by atoms with Crippen molar-refractivity contribution in [2.75, 3.05) is 62.7 Å². The van der Waals surface area contributed by atoms with E-state index in [1.165, 1.54) is 18.2 Å². The van der Waals surface area contributed by atoms with E-state index in [4.69, 9.17) is 14.7 Å². The molecule has 3 aliphatic heterocycles. The molecule has 9 nitrogen and oxygen atoms in total. The average Bonchev–Trinajstić information content (AvgIpc) is 3.39. The van der Waals surface area contributed by atoms with Gasteiger partial charge in [0.2, 0.25) is 5.91 Å². The van der Waals surface area contributed by atoms with Gasteiger partial charge in [-0.3, -0.25) is 4.79 Å². The quantitative estimate of drug-likeness (QED) is 0.469. The van der Waals surface area contributed by atoms with Crippen LogP contribution >= 0.6 is 0 Å². The fraction of sp³-hybridized carbons (Fsp3) is 0.517. The van der Waals surface area contributed by atoms with Crippen molar-refractivity contribution in [3.05, 3.63) is 53.7 Å². The SMILES string of the molecule is C=CC(=O)N1CCN(c2nc(OCC3CCN(C)C3)nc3c2CCN(c2ccccc2C(F)(F)F)C3)CC1CC#N. The number of ether oxygens (including phenoxy) is 1. The van der Waals surface area contributed by atoms with Gasteiger partial charge in [-0.1, -0.05) is 18.7 Å². The Kier molecular flexibility index (Phi) is 8.35. The maximum Gasteiger partial charge on any atom is 0.418 e. The highest BCUT2D eigenvalue weighted by atomic mass is 19.4. The standard InChI is InChI=1S/C29H34F3N7O2/c1-3-26(40)39-15-14-38(17-21(39)8-11-33)27-22-10-13-37(25-7-5-4-6-23(25)29(30,31)32)18-24(22)34-28(35-27)41-19-20-9-12-36(2)16-20/h3-7,20-21H,1,8-10,12-19H2,2H3. The molecule has 4 heterocycles. The van der Waals surface area contributed by atoms with Gasteiger partial charge in [-0.05, 0) is 44.6 Å². The summed E-state index contributed by atoms with van der Waals surface area (Å²) >= 11 is 0. The van der Waals surface area contributed by atoms with Crippen LogP contribution in [0.25, 0.3) is 0 Å². The summed E-state index contributed by atoms with van der Waals surface area (Å²) in [6.45, 7) is 7.75. The first-order valence-corrected chi connectivity index (χ1v) is 13.8. The number of rotatable bonds is 7. The summed E-state index contributed by atoms with van der Waals surface area (Å²) in [5, 5.41) is 9.43. The fourth-order valence-electron chi connectivity index (χ4n) is 6.00. The Morgan fingerprint density at radius 3 is 2.68 bits per heavy atom. The molecule has 2 unspecified atom stereocenters. The summed E-state index contributed by atoms with van der Waals surface area (Å²) in [7, 11) is 2.06. The Labute approximate surface area is 237 Å². The van der Waals surface area contributed by atoms with Crippen molar-refractivity contribution in [1.82, 2.24) is 19.8 Å². The van der Waals surface area contributed by atoms with Gasteiger partial charge in [0.1, 0.15) is 5.82 Å². The maximum atomic E-state index is 13.8. The second-order valence-electron chi connectivity index (χ2n) is 10.9. The molecule has 0 spiro atoms. The number of hydrogen-bond acceptors (Lipinski definition) is 8. The van der Waals surface area contributed by atoms with Crippen LogP contribution < -0.4 is 14.5 Å². The normalized spacial score (nSPS) is 21.4. The molecule has 12 heteroatoms. The van der Waals surface area contributed by atoms with Crippen LogP contribution in [0.2, 0.25) is 0 Å². The van der Waals surface area contributed by atoms with E-state index in [1.54, 1.807) is 15.9 Å². The second-order valence-corrected chi connectivity index (χ2v) is 10.9. The van der Waals surface area contributed by atoms with Crippen LogP contribution in [0.15, 0.2) is 36.9 Å². The van der Waals surface area contributed by atoms with Crippen LogP contribution in [0.3, 0.4) is 0 Å². The van der Waals surface area contributed by atoms with E-state index in [9.17, 15) is 23.2 Å². The van der Waals surface area contributed by atoms with Crippen LogP contribution in [0.1, 0.15) is 29.7 Å². The molecule has 1 aromatic heterocycles. The van der Waals surface area contributed by atoms with Gasteiger partial charge in [0.15, 0.2) is 0 Å². The molecule has 2 fully saturated rings. The van der Waals surface area contributed by atoms with Gasteiger partial charge in [-0.2, -0.15) is 28.4 Å². The number of piperazine rings is 1. The summed E-state index contributed by atoms with van der Waals surface area (Å²) in [5.74, 6) is 0.775. The Morgan fingerprint density at radius 1 is 1.17 bits per heavy atom. The van der Waals surface area contributed by atoms with Crippen molar-refractivity contribution >= 4 is 17.4 Å². The summed E-state index contributed by atoms with van der Waals surface area (Å²) < 4.78 is 47.6. The lowest BCUT2D eigenvalue weighted by molar-refractivity contribution is -0.137. The molecule has 218 valence electrons. The van der Waals surface area contributed by atoms with Gasteiger partial charge in [0.25, 0.3) is 0 Å². The average molecular weight is 570 g/mol. The lowest BCUT2D eigenvalue weighted by atomic mass is 10.0. The van der Waals surface area contributed by atoms with E-state index in [1.807, 2.05) is 4.90 Å². The molecule has 0 saturated carbocycles. The van der Waals surface area contributed by atoms with E-state index >= 15 is 0 Å². The molecule has 2 saturated heterocycles. The number of likely N-dealkylation sites (tertiary alicyclic amines) is 1. The molecule has 3 aliphatic rings. The van der Waals surface area contributed by atoms with Crippen molar-refractivity contribution in [3.63, 3.8) is 0 Å². The third-order valence-electron chi connectivity index (χ3n) is 8.08. The highest BCUT2D eigenvalue weighted by molar-refractivity contribution is 5.87. The number of aromatic nitrogens is 2. The minimum absolute atomic E-state index is 0.118. The van der Waals surface area contributed by atoms with E-state index in [0.717, 1.165) is 31.1 Å². The van der Waals surface area contributed by atoms with Crippen molar-refractivity contribution in [3.8, 4) is 12.1 Å². The van der Waals surface area contributed by atoms with E-state index in [2.05, 4.69) is 24.6 Å². The highest BCUT2D eigenvalue weighted by Crippen LogP contribution is 2.39. The van der Waals surface area contributed by atoms with Gasteiger partial charge in [-0.25, -0.2) is 0 Å². The fourth-order valence-corrected chi connectivity index (χ4v) is 6.00. The number of halogens is 3. The van der Waals surface area contributed by atoms with Crippen molar-refractivity contribution < 1.29 is 22.7 Å². The van der Waals surface area contributed by atoms with E-state index < -0.39 is 11.7 Å². The summed E-state index contributed by atoms with van der Waals surface area (Å²) in [6.07, 6.45) is -1.62.